The zero-order chi connectivity index (χ0) is 15.4. The van der Waals surface area contributed by atoms with Crippen LogP contribution in [0.4, 0.5) is 0 Å². The lowest BCUT2D eigenvalue weighted by atomic mass is 10.0. The monoisotopic (exact) mass is 304 g/mol. The van der Waals surface area contributed by atoms with E-state index < -0.39 is 0 Å². The number of carbonyl (C=O) groups excluding carboxylic acids is 1. The lowest BCUT2D eigenvalue weighted by Crippen LogP contribution is -2.43. The number of carbonyl (C=O) groups is 1. The molecule has 3 rings (SSSR count). The largest absolute Gasteiger partial charge is 0.370 e. The fraction of sp³-hybridized carbons (Fsp3) is 0.688. The topological polar surface area (TPSA) is 67.4 Å². The molecule has 2 fully saturated rings. The van der Waals surface area contributed by atoms with Crippen LogP contribution in [-0.4, -0.2) is 46.5 Å². The maximum atomic E-state index is 11.1. The SMILES string of the molecule is CC(=O)NC1CCN(Cc2ccnc([C@@H]3CCCO3)n2)CC1. The molecule has 1 atom stereocenters. The standard InChI is InChI=1S/C16H24N4O2/c1-12(21)18-13-5-8-20(9-6-13)11-14-4-7-17-16(19-14)15-3-2-10-22-15/h4,7,13,15H,2-3,5-6,8-11H2,1H3,(H,18,21)/t15-/m0/s1. The van der Waals surface area contributed by atoms with Crippen molar-refractivity contribution in [1.29, 1.82) is 0 Å². The number of amides is 1. The Labute approximate surface area is 131 Å². The van der Waals surface area contributed by atoms with Gasteiger partial charge >= 0.3 is 0 Å². The van der Waals surface area contributed by atoms with Gasteiger partial charge in [-0.05, 0) is 31.7 Å². The highest BCUT2D eigenvalue weighted by Crippen LogP contribution is 2.25. The maximum Gasteiger partial charge on any atom is 0.217 e. The molecule has 1 aromatic heterocycles. The highest BCUT2D eigenvalue weighted by Gasteiger charge is 2.22. The van der Waals surface area contributed by atoms with Crippen molar-refractivity contribution >= 4 is 5.91 Å². The molecule has 22 heavy (non-hydrogen) atoms. The number of hydrogen-bond donors (Lipinski definition) is 1. The Morgan fingerprint density at radius 1 is 1.41 bits per heavy atom. The van der Waals surface area contributed by atoms with Gasteiger partial charge in [0.05, 0.1) is 5.69 Å². The molecule has 0 radical (unpaired) electrons. The van der Waals surface area contributed by atoms with Crippen LogP contribution in [-0.2, 0) is 16.1 Å². The molecular formula is C16H24N4O2. The minimum atomic E-state index is 0.0652. The van der Waals surface area contributed by atoms with Gasteiger partial charge in [-0.1, -0.05) is 0 Å². The lowest BCUT2D eigenvalue weighted by Gasteiger charge is -2.31. The van der Waals surface area contributed by atoms with E-state index in [4.69, 9.17) is 4.74 Å². The molecule has 2 aliphatic heterocycles. The summed E-state index contributed by atoms with van der Waals surface area (Å²) in [5.41, 5.74) is 1.05. The van der Waals surface area contributed by atoms with Crippen LogP contribution in [0.15, 0.2) is 12.3 Å². The zero-order valence-corrected chi connectivity index (χ0v) is 13.1. The van der Waals surface area contributed by atoms with Crippen LogP contribution in [0.1, 0.15) is 50.2 Å². The summed E-state index contributed by atoms with van der Waals surface area (Å²) in [6, 6.07) is 2.31. The van der Waals surface area contributed by atoms with Crippen LogP contribution in [0.2, 0.25) is 0 Å². The Morgan fingerprint density at radius 3 is 2.91 bits per heavy atom. The van der Waals surface area contributed by atoms with Gasteiger partial charge in [0.25, 0.3) is 0 Å². The smallest absolute Gasteiger partial charge is 0.217 e. The third-order valence-corrected chi connectivity index (χ3v) is 4.33. The minimum Gasteiger partial charge on any atom is -0.370 e. The molecule has 1 amide bonds. The van der Waals surface area contributed by atoms with E-state index in [2.05, 4.69) is 20.2 Å². The van der Waals surface area contributed by atoms with Crippen molar-refractivity contribution in [3.8, 4) is 0 Å². The van der Waals surface area contributed by atoms with Crippen molar-refractivity contribution in [3.63, 3.8) is 0 Å². The number of ether oxygens (including phenoxy) is 1. The Morgan fingerprint density at radius 2 is 2.23 bits per heavy atom. The van der Waals surface area contributed by atoms with E-state index in [9.17, 15) is 4.79 Å². The molecule has 0 bridgehead atoms. The number of aromatic nitrogens is 2. The molecule has 0 spiro atoms. The molecule has 0 aromatic carbocycles. The summed E-state index contributed by atoms with van der Waals surface area (Å²) in [5.74, 6) is 0.888. The van der Waals surface area contributed by atoms with Gasteiger partial charge in [-0.3, -0.25) is 9.69 Å². The predicted octanol–water partition coefficient (Wildman–Crippen LogP) is 1.43. The second-order valence-corrected chi connectivity index (χ2v) is 6.16. The highest BCUT2D eigenvalue weighted by atomic mass is 16.5. The summed E-state index contributed by atoms with van der Waals surface area (Å²) in [5, 5.41) is 3.00. The molecule has 6 nitrogen and oxygen atoms in total. The Balaban J connectivity index is 1.53. The number of piperidine rings is 1. The van der Waals surface area contributed by atoms with Crippen molar-refractivity contribution in [3.05, 3.63) is 23.8 Å². The normalized spacial score (nSPS) is 23.6. The van der Waals surface area contributed by atoms with Crippen molar-refractivity contribution in [1.82, 2.24) is 20.2 Å². The summed E-state index contributed by atoms with van der Waals surface area (Å²) in [7, 11) is 0. The summed E-state index contributed by atoms with van der Waals surface area (Å²) < 4.78 is 5.66. The Bertz CT molecular complexity index is 509. The first-order chi connectivity index (χ1) is 10.7. The first-order valence-corrected chi connectivity index (χ1v) is 8.13. The van der Waals surface area contributed by atoms with Crippen molar-refractivity contribution in [2.75, 3.05) is 19.7 Å². The van der Waals surface area contributed by atoms with E-state index in [-0.39, 0.29) is 12.0 Å². The molecule has 0 unspecified atom stereocenters. The fourth-order valence-electron chi connectivity index (χ4n) is 3.19. The van der Waals surface area contributed by atoms with Gasteiger partial charge in [-0.2, -0.15) is 0 Å². The highest BCUT2D eigenvalue weighted by molar-refractivity contribution is 5.73. The molecule has 2 aliphatic rings. The Hall–Kier alpha value is -1.53. The number of rotatable bonds is 4. The number of likely N-dealkylation sites (tertiary alicyclic amines) is 1. The number of hydrogen-bond acceptors (Lipinski definition) is 5. The minimum absolute atomic E-state index is 0.0652. The number of nitrogens with zero attached hydrogens (tertiary/aromatic N) is 3. The van der Waals surface area contributed by atoms with E-state index in [1.807, 2.05) is 12.3 Å². The van der Waals surface area contributed by atoms with Crippen molar-refractivity contribution in [2.24, 2.45) is 0 Å². The molecule has 0 saturated carbocycles. The third kappa shape index (κ3) is 4.01. The summed E-state index contributed by atoms with van der Waals surface area (Å²) in [6.07, 6.45) is 6.03. The van der Waals surface area contributed by atoms with Gasteiger partial charge in [0.2, 0.25) is 5.91 Å². The van der Waals surface area contributed by atoms with Crippen LogP contribution < -0.4 is 5.32 Å². The first-order valence-electron chi connectivity index (χ1n) is 8.13. The van der Waals surface area contributed by atoms with E-state index in [0.29, 0.717) is 6.04 Å². The van der Waals surface area contributed by atoms with Gasteiger partial charge < -0.3 is 10.1 Å². The Kier molecular flexibility index (Phi) is 5.00. The first kappa shape index (κ1) is 15.4. The van der Waals surface area contributed by atoms with Gasteiger partial charge in [0, 0.05) is 45.4 Å². The molecule has 120 valence electrons. The number of nitrogens with one attached hydrogen (secondary N) is 1. The van der Waals surface area contributed by atoms with Crippen LogP contribution in [0.5, 0.6) is 0 Å². The summed E-state index contributed by atoms with van der Waals surface area (Å²) >= 11 is 0. The molecular weight excluding hydrogens is 280 g/mol. The van der Waals surface area contributed by atoms with Gasteiger partial charge in [0.15, 0.2) is 5.82 Å². The summed E-state index contributed by atoms with van der Waals surface area (Å²) in [4.78, 5) is 22.5. The quantitative estimate of drug-likeness (QED) is 0.911. The van der Waals surface area contributed by atoms with E-state index in [1.54, 1.807) is 6.92 Å². The van der Waals surface area contributed by atoms with E-state index in [1.165, 1.54) is 0 Å². The van der Waals surface area contributed by atoms with Crippen LogP contribution in [0.3, 0.4) is 0 Å². The maximum absolute atomic E-state index is 11.1. The van der Waals surface area contributed by atoms with Crippen LogP contribution in [0.25, 0.3) is 0 Å². The van der Waals surface area contributed by atoms with Gasteiger partial charge in [-0.15, -0.1) is 0 Å². The predicted molar refractivity (Wildman–Crippen MR) is 82.1 cm³/mol. The molecule has 3 heterocycles. The zero-order valence-electron chi connectivity index (χ0n) is 13.1. The van der Waals surface area contributed by atoms with E-state index in [0.717, 1.165) is 63.4 Å². The molecule has 2 saturated heterocycles. The lowest BCUT2D eigenvalue weighted by molar-refractivity contribution is -0.119. The van der Waals surface area contributed by atoms with Gasteiger partial charge in [-0.25, -0.2) is 9.97 Å². The van der Waals surface area contributed by atoms with Crippen LogP contribution >= 0.6 is 0 Å². The molecule has 6 heteroatoms. The van der Waals surface area contributed by atoms with Gasteiger partial charge in [0.1, 0.15) is 6.10 Å². The fourth-order valence-corrected chi connectivity index (χ4v) is 3.19. The van der Waals surface area contributed by atoms with E-state index >= 15 is 0 Å². The third-order valence-electron chi connectivity index (χ3n) is 4.33. The molecule has 1 aromatic rings. The average Bonchev–Trinajstić information content (AvgIpc) is 3.03. The second kappa shape index (κ2) is 7.15. The van der Waals surface area contributed by atoms with Crippen LogP contribution in [0, 0.1) is 0 Å². The average molecular weight is 304 g/mol. The molecule has 1 N–H and O–H groups in total. The second-order valence-electron chi connectivity index (χ2n) is 6.16. The molecule has 0 aliphatic carbocycles. The van der Waals surface area contributed by atoms with Crippen molar-refractivity contribution in [2.45, 2.75) is 51.3 Å². The summed E-state index contributed by atoms with van der Waals surface area (Å²) in [6.45, 7) is 5.22. The van der Waals surface area contributed by atoms with Crippen molar-refractivity contribution < 1.29 is 9.53 Å².